The average molecular weight is 422 g/mol. The lowest BCUT2D eigenvalue weighted by atomic mass is 10.2. The van der Waals surface area contributed by atoms with Crippen molar-refractivity contribution in [3.63, 3.8) is 0 Å². The molecule has 1 aromatic carbocycles. The number of aromatic nitrogens is 3. The number of nitrogens with one attached hydrogen (secondary N) is 1. The molecule has 0 aliphatic rings. The maximum atomic E-state index is 12.4. The van der Waals surface area contributed by atoms with Gasteiger partial charge in [-0.2, -0.15) is 5.10 Å². The summed E-state index contributed by atoms with van der Waals surface area (Å²) in [7, 11) is 0. The SMILES string of the molecule is CCN(c1ccc(NC(=O)COC(=O)c2cnn(-c3ccccn3)c2C)cc1)C(C)C. The van der Waals surface area contributed by atoms with Crippen molar-refractivity contribution in [1.29, 1.82) is 0 Å². The molecule has 8 nitrogen and oxygen atoms in total. The minimum atomic E-state index is -0.610. The number of anilines is 2. The Bertz CT molecular complexity index is 1030. The molecular formula is C23H27N5O3. The molecule has 0 saturated heterocycles. The van der Waals surface area contributed by atoms with Crippen molar-refractivity contribution < 1.29 is 14.3 Å². The monoisotopic (exact) mass is 421 g/mol. The third kappa shape index (κ3) is 5.28. The zero-order valence-electron chi connectivity index (χ0n) is 18.2. The maximum absolute atomic E-state index is 12.4. The molecule has 0 aliphatic heterocycles. The molecule has 0 atom stereocenters. The van der Waals surface area contributed by atoms with Crippen molar-refractivity contribution in [2.24, 2.45) is 0 Å². The van der Waals surface area contributed by atoms with E-state index < -0.39 is 11.9 Å². The Labute approximate surface area is 181 Å². The van der Waals surface area contributed by atoms with Crippen LogP contribution in [0.25, 0.3) is 5.82 Å². The van der Waals surface area contributed by atoms with Gasteiger partial charge in [0.1, 0.15) is 5.56 Å². The van der Waals surface area contributed by atoms with E-state index >= 15 is 0 Å². The van der Waals surface area contributed by atoms with Crippen LogP contribution in [0.4, 0.5) is 11.4 Å². The van der Waals surface area contributed by atoms with Gasteiger partial charge in [-0.15, -0.1) is 0 Å². The van der Waals surface area contributed by atoms with Crippen molar-refractivity contribution >= 4 is 23.3 Å². The summed E-state index contributed by atoms with van der Waals surface area (Å²) in [6.45, 7) is 8.63. The molecule has 1 N–H and O–H groups in total. The Hall–Kier alpha value is -3.68. The smallest absolute Gasteiger partial charge is 0.342 e. The number of carbonyl (C=O) groups is 2. The molecule has 3 rings (SSSR count). The molecule has 8 heteroatoms. The molecule has 0 aliphatic carbocycles. The van der Waals surface area contributed by atoms with E-state index in [1.807, 2.05) is 30.3 Å². The van der Waals surface area contributed by atoms with Gasteiger partial charge in [-0.1, -0.05) is 6.07 Å². The second-order valence-corrected chi connectivity index (χ2v) is 7.29. The molecule has 2 aromatic heterocycles. The van der Waals surface area contributed by atoms with Crippen LogP contribution < -0.4 is 10.2 Å². The standard InChI is InChI=1S/C23H27N5O3/c1-5-27(16(2)3)19-11-9-18(10-12-19)26-22(29)15-31-23(30)20-14-25-28(17(20)4)21-8-6-7-13-24-21/h6-14,16H,5,15H2,1-4H3,(H,26,29). The van der Waals surface area contributed by atoms with E-state index in [4.69, 9.17) is 4.74 Å². The topological polar surface area (TPSA) is 89.4 Å². The molecule has 1 amide bonds. The highest BCUT2D eigenvalue weighted by atomic mass is 16.5. The van der Waals surface area contributed by atoms with Crippen LogP contribution in [-0.4, -0.2) is 45.8 Å². The van der Waals surface area contributed by atoms with E-state index in [9.17, 15) is 9.59 Å². The third-order valence-electron chi connectivity index (χ3n) is 4.88. The molecule has 3 aromatic rings. The number of amides is 1. The summed E-state index contributed by atoms with van der Waals surface area (Å²) in [5, 5.41) is 6.93. The van der Waals surface area contributed by atoms with Gasteiger partial charge < -0.3 is 15.0 Å². The fourth-order valence-corrected chi connectivity index (χ4v) is 3.31. The fraction of sp³-hybridized carbons (Fsp3) is 0.304. The highest BCUT2D eigenvalue weighted by Crippen LogP contribution is 2.20. The molecular weight excluding hydrogens is 394 g/mol. The predicted octanol–water partition coefficient (Wildman–Crippen LogP) is 3.61. The lowest BCUT2D eigenvalue weighted by Crippen LogP contribution is -2.30. The summed E-state index contributed by atoms with van der Waals surface area (Å²) >= 11 is 0. The normalized spacial score (nSPS) is 10.7. The number of ether oxygens (including phenoxy) is 1. The number of hydrogen-bond donors (Lipinski definition) is 1. The molecule has 31 heavy (non-hydrogen) atoms. The first-order chi connectivity index (χ1) is 14.9. The number of hydrogen-bond acceptors (Lipinski definition) is 6. The van der Waals surface area contributed by atoms with Crippen LogP contribution in [0, 0.1) is 6.92 Å². The van der Waals surface area contributed by atoms with Crippen LogP contribution in [-0.2, 0) is 9.53 Å². The van der Waals surface area contributed by atoms with Gasteiger partial charge in [0.15, 0.2) is 12.4 Å². The van der Waals surface area contributed by atoms with Gasteiger partial charge in [-0.3, -0.25) is 4.79 Å². The molecule has 0 spiro atoms. The van der Waals surface area contributed by atoms with E-state index in [1.165, 1.54) is 6.20 Å². The van der Waals surface area contributed by atoms with Crippen molar-refractivity contribution in [2.75, 3.05) is 23.4 Å². The molecule has 0 unspecified atom stereocenters. The number of rotatable bonds is 8. The van der Waals surface area contributed by atoms with Crippen LogP contribution in [0.15, 0.2) is 54.9 Å². The fourth-order valence-electron chi connectivity index (χ4n) is 3.31. The minimum Gasteiger partial charge on any atom is -0.452 e. The van der Waals surface area contributed by atoms with Crippen LogP contribution >= 0.6 is 0 Å². The van der Waals surface area contributed by atoms with Gasteiger partial charge >= 0.3 is 5.97 Å². The molecule has 2 heterocycles. The first kappa shape index (κ1) is 22.0. The predicted molar refractivity (Wildman–Crippen MR) is 120 cm³/mol. The quantitative estimate of drug-likeness (QED) is 0.559. The zero-order valence-corrected chi connectivity index (χ0v) is 18.2. The summed E-state index contributed by atoms with van der Waals surface area (Å²) in [6, 6.07) is 13.4. The first-order valence-corrected chi connectivity index (χ1v) is 10.2. The number of esters is 1. The Morgan fingerprint density at radius 1 is 1.16 bits per heavy atom. The lowest BCUT2D eigenvalue weighted by molar-refractivity contribution is -0.119. The van der Waals surface area contributed by atoms with E-state index in [0.29, 0.717) is 23.2 Å². The summed E-state index contributed by atoms with van der Waals surface area (Å²) in [4.78, 5) is 31.1. The molecule has 0 saturated carbocycles. The van der Waals surface area contributed by atoms with E-state index in [2.05, 4.69) is 41.1 Å². The van der Waals surface area contributed by atoms with Gasteiger partial charge in [0.05, 0.1) is 11.9 Å². The highest BCUT2D eigenvalue weighted by molar-refractivity contribution is 5.96. The van der Waals surface area contributed by atoms with E-state index in [0.717, 1.165) is 12.2 Å². The average Bonchev–Trinajstić information content (AvgIpc) is 3.15. The second-order valence-electron chi connectivity index (χ2n) is 7.29. The van der Waals surface area contributed by atoms with Crippen molar-refractivity contribution in [2.45, 2.75) is 33.7 Å². The molecule has 162 valence electrons. The van der Waals surface area contributed by atoms with Crippen LogP contribution in [0.1, 0.15) is 36.8 Å². The highest BCUT2D eigenvalue weighted by Gasteiger charge is 2.18. The van der Waals surface area contributed by atoms with Crippen LogP contribution in [0.3, 0.4) is 0 Å². The zero-order chi connectivity index (χ0) is 22.4. The number of carbonyl (C=O) groups excluding carboxylic acids is 2. The molecule has 0 fully saturated rings. The van der Waals surface area contributed by atoms with Crippen molar-refractivity contribution in [3.05, 3.63) is 66.1 Å². The van der Waals surface area contributed by atoms with Gasteiger partial charge in [0.2, 0.25) is 0 Å². The minimum absolute atomic E-state index is 0.288. The largest absolute Gasteiger partial charge is 0.452 e. The summed E-state index contributed by atoms with van der Waals surface area (Å²) < 4.78 is 6.72. The van der Waals surface area contributed by atoms with E-state index in [1.54, 1.807) is 29.9 Å². The number of benzene rings is 1. The molecule has 0 bridgehead atoms. The summed E-state index contributed by atoms with van der Waals surface area (Å²) in [5.41, 5.74) is 2.60. The number of pyridine rings is 1. The van der Waals surface area contributed by atoms with Gasteiger partial charge in [-0.05, 0) is 64.1 Å². The lowest BCUT2D eigenvalue weighted by Gasteiger charge is -2.27. The summed E-state index contributed by atoms with van der Waals surface area (Å²) in [5.74, 6) is -0.424. The van der Waals surface area contributed by atoms with Crippen molar-refractivity contribution in [3.8, 4) is 5.82 Å². The first-order valence-electron chi connectivity index (χ1n) is 10.2. The maximum Gasteiger partial charge on any atom is 0.342 e. The van der Waals surface area contributed by atoms with Gasteiger partial charge in [0.25, 0.3) is 5.91 Å². The van der Waals surface area contributed by atoms with Gasteiger partial charge in [-0.25, -0.2) is 14.5 Å². The third-order valence-corrected chi connectivity index (χ3v) is 4.88. The van der Waals surface area contributed by atoms with Crippen molar-refractivity contribution in [1.82, 2.24) is 14.8 Å². The second kappa shape index (κ2) is 9.88. The Balaban J connectivity index is 1.56. The molecule has 0 radical (unpaired) electrons. The van der Waals surface area contributed by atoms with Crippen LogP contribution in [0.5, 0.6) is 0 Å². The van der Waals surface area contributed by atoms with E-state index in [-0.39, 0.29) is 12.2 Å². The van der Waals surface area contributed by atoms with Crippen LogP contribution in [0.2, 0.25) is 0 Å². The van der Waals surface area contributed by atoms with Gasteiger partial charge in [0, 0.05) is 30.2 Å². The Morgan fingerprint density at radius 2 is 1.90 bits per heavy atom. The Morgan fingerprint density at radius 3 is 2.52 bits per heavy atom. The summed E-state index contributed by atoms with van der Waals surface area (Å²) in [6.07, 6.45) is 3.06. The number of nitrogens with zero attached hydrogens (tertiary/aromatic N) is 4. The Kier molecular flexibility index (Phi) is 7.02.